The quantitative estimate of drug-likeness (QED) is 0.263. The number of amides is 3. The Balaban J connectivity index is 1.63. The van der Waals surface area contributed by atoms with E-state index in [4.69, 9.17) is 5.73 Å². The standard InChI is InChI=1S/C37H48N4O4/c1-37(2,38)21-11-18-34(43)40(3)33(24-27-19-20-28-14-8-9-15-29(28)22-27)36(45)41(4)32(23-26-12-6-5-7-13-26)35(44)39-30-16-10-17-31(42)25-30/h5-9,11-15,18-20,22,30-33,42H,10,16-17,21,23-25,38H2,1-4H3,(H,39,44)/t30?,31?,32-,33-/m1/s1. The van der Waals surface area contributed by atoms with E-state index in [-0.39, 0.29) is 30.2 Å². The maximum Gasteiger partial charge on any atom is 0.246 e. The summed E-state index contributed by atoms with van der Waals surface area (Å²) in [7, 11) is 3.27. The van der Waals surface area contributed by atoms with Crippen molar-refractivity contribution in [2.24, 2.45) is 5.73 Å². The third kappa shape index (κ3) is 9.74. The Kier molecular flexibility index (Phi) is 11.5. The average Bonchev–Trinajstić information content (AvgIpc) is 3.01. The molecule has 45 heavy (non-hydrogen) atoms. The number of hydrogen-bond donors (Lipinski definition) is 3. The van der Waals surface area contributed by atoms with Gasteiger partial charge in [0.1, 0.15) is 12.1 Å². The zero-order valence-electron chi connectivity index (χ0n) is 27.0. The van der Waals surface area contributed by atoms with E-state index in [0.717, 1.165) is 41.2 Å². The van der Waals surface area contributed by atoms with Crippen molar-refractivity contribution in [3.63, 3.8) is 0 Å². The molecule has 1 aliphatic carbocycles. The third-order valence-corrected chi connectivity index (χ3v) is 8.63. The zero-order chi connectivity index (χ0) is 32.6. The van der Waals surface area contributed by atoms with E-state index < -0.39 is 23.7 Å². The number of rotatable bonds is 12. The Labute approximate surface area is 267 Å². The molecule has 0 heterocycles. The lowest BCUT2D eigenvalue weighted by molar-refractivity contribution is -0.146. The highest BCUT2D eigenvalue weighted by Gasteiger charge is 2.36. The van der Waals surface area contributed by atoms with Crippen molar-refractivity contribution >= 4 is 28.5 Å². The van der Waals surface area contributed by atoms with Crippen molar-refractivity contribution in [3.8, 4) is 0 Å². The molecular formula is C37H48N4O4. The van der Waals surface area contributed by atoms with Crippen molar-refractivity contribution in [1.82, 2.24) is 15.1 Å². The van der Waals surface area contributed by atoms with Gasteiger partial charge in [0, 0.05) is 38.5 Å². The lowest BCUT2D eigenvalue weighted by Gasteiger charge is -2.35. The van der Waals surface area contributed by atoms with Gasteiger partial charge in [-0.3, -0.25) is 14.4 Å². The van der Waals surface area contributed by atoms with Crippen molar-refractivity contribution in [2.45, 2.75) is 88.6 Å². The van der Waals surface area contributed by atoms with Gasteiger partial charge in [0.05, 0.1) is 6.10 Å². The zero-order valence-corrected chi connectivity index (χ0v) is 27.0. The summed E-state index contributed by atoms with van der Waals surface area (Å²) in [6.45, 7) is 3.77. The van der Waals surface area contributed by atoms with Gasteiger partial charge in [0.25, 0.3) is 0 Å². The summed E-state index contributed by atoms with van der Waals surface area (Å²) in [5.74, 6) is -0.907. The molecule has 240 valence electrons. The number of nitrogens with zero attached hydrogens (tertiary/aromatic N) is 2. The van der Waals surface area contributed by atoms with Crippen LogP contribution in [0, 0.1) is 0 Å². The molecule has 0 bridgehead atoms. The number of likely N-dealkylation sites (N-methyl/N-ethyl adjacent to an activating group) is 2. The van der Waals surface area contributed by atoms with E-state index in [1.165, 1.54) is 15.9 Å². The number of carbonyl (C=O) groups is 3. The molecular weight excluding hydrogens is 564 g/mol. The van der Waals surface area contributed by atoms with Crippen molar-refractivity contribution in [3.05, 3.63) is 96.1 Å². The van der Waals surface area contributed by atoms with Crippen LogP contribution in [0.3, 0.4) is 0 Å². The Hall–Kier alpha value is -4.01. The fourth-order valence-corrected chi connectivity index (χ4v) is 5.94. The Morgan fingerprint density at radius 3 is 2.27 bits per heavy atom. The van der Waals surface area contributed by atoms with E-state index in [9.17, 15) is 19.5 Å². The van der Waals surface area contributed by atoms with Crippen LogP contribution >= 0.6 is 0 Å². The number of nitrogens with two attached hydrogens (primary N) is 1. The van der Waals surface area contributed by atoms with Gasteiger partial charge in [-0.1, -0.05) is 78.9 Å². The van der Waals surface area contributed by atoms with Crippen LogP contribution in [0.25, 0.3) is 10.8 Å². The van der Waals surface area contributed by atoms with E-state index in [0.29, 0.717) is 19.3 Å². The minimum Gasteiger partial charge on any atom is -0.393 e. The van der Waals surface area contributed by atoms with Gasteiger partial charge in [-0.2, -0.15) is 0 Å². The highest BCUT2D eigenvalue weighted by molar-refractivity contribution is 5.95. The predicted octanol–water partition coefficient (Wildman–Crippen LogP) is 4.38. The van der Waals surface area contributed by atoms with Gasteiger partial charge in [0.2, 0.25) is 17.7 Å². The molecule has 3 amide bonds. The second-order valence-electron chi connectivity index (χ2n) is 13.1. The largest absolute Gasteiger partial charge is 0.393 e. The van der Waals surface area contributed by atoms with Crippen molar-refractivity contribution < 1.29 is 19.5 Å². The molecule has 0 saturated heterocycles. The van der Waals surface area contributed by atoms with Crippen LogP contribution < -0.4 is 11.1 Å². The fraction of sp³-hybridized carbons (Fsp3) is 0.432. The molecule has 0 radical (unpaired) electrons. The number of hydrogen-bond acceptors (Lipinski definition) is 5. The molecule has 3 aromatic rings. The molecule has 4 atom stereocenters. The summed E-state index contributed by atoms with van der Waals surface area (Å²) >= 11 is 0. The van der Waals surface area contributed by atoms with Gasteiger partial charge < -0.3 is 26.0 Å². The molecule has 0 aromatic heterocycles. The highest BCUT2D eigenvalue weighted by atomic mass is 16.3. The molecule has 1 fully saturated rings. The first-order valence-electron chi connectivity index (χ1n) is 15.9. The van der Waals surface area contributed by atoms with Gasteiger partial charge in [-0.05, 0) is 73.9 Å². The minimum absolute atomic E-state index is 0.155. The Bertz CT molecular complexity index is 1480. The van der Waals surface area contributed by atoms with Crippen LogP contribution in [0.1, 0.15) is 57.1 Å². The van der Waals surface area contributed by atoms with E-state index in [1.807, 2.05) is 86.6 Å². The van der Waals surface area contributed by atoms with Crippen LogP contribution in [0.2, 0.25) is 0 Å². The Morgan fingerprint density at radius 2 is 1.58 bits per heavy atom. The highest BCUT2D eigenvalue weighted by Crippen LogP contribution is 2.22. The van der Waals surface area contributed by atoms with Crippen molar-refractivity contribution in [1.29, 1.82) is 0 Å². The maximum atomic E-state index is 14.4. The second-order valence-corrected chi connectivity index (χ2v) is 13.1. The van der Waals surface area contributed by atoms with Crippen molar-refractivity contribution in [2.75, 3.05) is 14.1 Å². The lowest BCUT2D eigenvalue weighted by atomic mass is 9.92. The van der Waals surface area contributed by atoms with Crippen LogP contribution in [-0.4, -0.2) is 76.5 Å². The van der Waals surface area contributed by atoms with Crippen LogP contribution in [0.5, 0.6) is 0 Å². The fourth-order valence-electron chi connectivity index (χ4n) is 5.94. The van der Waals surface area contributed by atoms with Gasteiger partial charge >= 0.3 is 0 Å². The molecule has 8 heteroatoms. The number of nitrogens with one attached hydrogen (secondary N) is 1. The molecule has 4 rings (SSSR count). The minimum atomic E-state index is -0.859. The monoisotopic (exact) mass is 612 g/mol. The molecule has 8 nitrogen and oxygen atoms in total. The van der Waals surface area contributed by atoms with E-state index in [2.05, 4.69) is 5.32 Å². The summed E-state index contributed by atoms with van der Waals surface area (Å²) < 4.78 is 0. The molecule has 1 saturated carbocycles. The molecule has 2 unspecified atom stereocenters. The van der Waals surface area contributed by atoms with Gasteiger partial charge in [0.15, 0.2) is 0 Å². The normalized spacial score (nSPS) is 18.4. The first kappa shape index (κ1) is 33.9. The third-order valence-electron chi connectivity index (χ3n) is 8.63. The van der Waals surface area contributed by atoms with Gasteiger partial charge in [-0.25, -0.2) is 0 Å². The maximum absolute atomic E-state index is 14.4. The number of benzene rings is 3. The van der Waals surface area contributed by atoms with Crippen LogP contribution in [-0.2, 0) is 27.2 Å². The molecule has 4 N–H and O–H groups in total. The summed E-state index contributed by atoms with van der Waals surface area (Å²) in [6.07, 6.45) is 6.71. The number of carbonyl (C=O) groups excluding carboxylic acids is 3. The lowest BCUT2D eigenvalue weighted by Crippen LogP contribution is -2.57. The topological polar surface area (TPSA) is 116 Å². The van der Waals surface area contributed by atoms with Crippen LogP contribution in [0.4, 0.5) is 0 Å². The summed E-state index contributed by atoms with van der Waals surface area (Å²) in [5.41, 5.74) is 7.46. The summed E-state index contributed by atoms with van der Waals surface area (Å²) in [4.78, 5) is 44.6. The van der Waals surface area contributed by atoms with E-state index in [1.54, 1.807) is 20.2 Å². The van der Waals surface area contributed by atoms with Gasteiger partial charge in [-0.15, -0.1) is 0 Å². The average molecular weight is 613 g/mol. The molecule has 0 aliphatic heterocycles. The number of aliphatic hydroxyl groups is 1. The summed E-state index contributed by atoms with van der Waals surface area (Å²) in [5, 5.41) is 15.4. The SMILES string of the molecule is CN(C(=O)C=CCC(C)(C)N)[C@H](Cc1ccc2ccccc2c1)C(=O)N(C)[C@H](Cc1ccccc1)C(=O)NC1CCCC(O)C1. The smallest absolute Gasteiger partial charge is 0.246 e. The first-order chi connectivity index (χ1) is 21.4. The number of fused-ring (bicyclic) bond motifs is 1. The van der Waals surface area contributed by atoms with Crippen LogP contribution in [0.15, 0.2) is 84.9 Å². The second kappa shape index (κ2) is 15.3. The first-order valence-corrected chi connectivity index (χ1v) is 15.9. The van der Waals surface area contributed by atoms with E-state index >= 15 is 0 Å². The summed E-state index contributed by atoms with van der Waals surface area (Å²) in [6, 6.07) is 21.8. The molecule has 0 spiro atoms. The number of aliphatic hydroxyl groups excluding tert-OH is 1. The predicted molar refractivity (Wildman–Crippen MR) is 179 cm³/mol. The molecule has 1 aliphatic rings. The molecule has 3 aromatic carbocycles. The Morgan fingerprint density at radius 1 is 0.911 bits per heavy atom.